The largest absolute Gasteiger partial charge is 0.427 e. The van der Waals surface area contributed by atoms with Gasteiger partial charge >= 0.3 is 5.97 Å². The molecule has 2 rings (SSSR count). The van der Waals surface area contributed by atoms with Crippen LogP contribution < -0.4 is 0 Å². The molecule has 0 spiro atoms. The highest BCUT2D eigenvalue weighted by Gasteiger charge is 2.45. The first-order chi connectivity index (χ1) is 11.5. The summed E-state index contributed by atoms with van der Waals surface area (Å²) in [5.74, 6) is -0.825. The van der Waals surface area contributed by atoms with Gasteiger partial charge in [-0.3, -0.25) is 14.9 Å². The lowest BCUT2D eigenvalue weighted by Gasteiger charge is -2.39. The average Bonchev–Trinajstić information content (AvgIpc) is 2.52. The number of ketones is 1. The molecule has 0 saturated carbocycles. The van der Waals surface area contributed by atoms with Crippen molar-refractivity contribution in [3.05, 3.63) is 50.7 Å². The topological polar surface area (TPSA) is 86.5 Å². The minimum Gasteiger partial charge on any atom is -0.427 e. The van der Waals surface area contributed by atoms with Crippen molar-refractivity contribution in [3.63, 3.8) is 0 Å². The summed E-state index contributed by atoms with van der Waals surface area (Å²) in [6.45, 7) is 5.58. The fourth-order valence-corrected chi connectivity index (χ4v) is 3.74. The Hall–Kier alpha value is -1.86. The number of halogens is 1. The Balaban J connectivity index is 2.37. The Morgan fingerprint density at radius 2 is 2.00 bits per heavy atom. The van der Waals surface area contributed by atoms with Gasteiger partial charge in [-0.1, -0.05) is 25.4 Å². The van der Waals surface area contributed by atoms with Crippen molar-refractivity contribution in [3.8, 4) is 0 Å². The molecule has 0 radical (unpaired) electrons. The maximum Gasteiger partial charge on any atom is 0.350 e. The quantitative estimate of drug-likeness (QED) is 0.435. The standard InChI is InChI=1S/C17H18ClNO5S/c1-16(2)9-17(3,25-4)13(20)8-14(16)24-15(21)11-6-5-10(18)7-12(11)19(22)23/h5-8H,9H2,1-4H3. The van der Waals surface area contributed by atoms with Crippen molar-refractivity contribution in [2.75, 3.05) is 6.26 Å². The maximum atomic E-state index is 12.4. The normalized spacial score (nSPS) is 22.3. The number of thioether (sulfide) groups is 1. The predicted molar refractivity (Wildman–Crippen MR) is 96.9 cm³/mol. The summed E-state index contributed by atoms with van der Waals surface area (Å²) in [5, 5.41) is 11.3. The van der Waals surface area contributed by atoms with Gasteiger partial charge in [0.15, 0.2) is 5.78 Å². The van der Waals surface area contributed by atoms with Gasteiger partial charge in [0.1, 0.15) is 11.3 Å². The van der Waals surface area contributed by atoms with Crippen LogP contribution in [0.2, 0.25) is 5.02 Å². The van der Waals surface area contributed by atoms with Crippen molar-refractivity contribution >= 4 is 40.8 Å². The second-order valence-corrected chi connectivity index (χ2v) is 8.42. The van der Waals surface area contributed by atoms with Crippen LogP contribution in [-0.2, 0) is 9.53 Å². The number of carbonyl (C=O) groups is 2. The molecule has 0 fully saturated rings. The number of benzene rings is 1. The minimum atomic E-state index is -0.886. The van der Waals surface area contributed by atoms with E-state index in [9.17, 15) is 19.7 Å². The Labute approximate surface area is 154 Å². The molecule has 0 aromatic heterocycles. The number of nitrogens with zero attached hydrogens (tertiary/aromatic N) is 1. The van der Waals surface area contributed by atoms with Gasteiger partial charge in [-0.05, 0) is 31.7 Å². The lowest BCUT2D eigenvalue weighted by molar-refractivity contribution is -0.385. The average molecular weight is 384 g/mol. The van der Waals surface area contributed by atoms with E-state index < -0.39 is 26.7 Å². The van der Waals surface area contributed by atoms with E-state index in [0.29, 0.717) is 6.42 Å². The number of hydrogen-bond donors (Lipinski definition) is 0. The number of carbonyl (C=O) groups excluding carboxylic acids is 2. The third-order valence-corrected chi connectivity index (χ3v) is 5.74. The summed E-state index contributed by atoms with van der Waals surface area (Å²) in [6, 6.07) is 3.71. The number of esters is 1. The molecule has 0 bridgehead atoms. The van der Waals surface area contributed by atoms with Crippen LogP contribution in [0.5, 0.6) is 0 Å². The highest BCUT2D eigenvalue weighted by molar-refractivity contribution is 8.00. The van der Waals surface area contributed by atoms with E-state index in [4.69, 9.17) is 16.3 Å². The number of ether oxygens (including phenoxy) is 1. The lowest BCUT2D eigenvalue weighted by Crippen LogP contribution is -2.41. The molecule has 134 valence electrons. The summed E-state index contributed by atoms with van der Waals surface area (Å²) < 4.78 is 4.78. The van der Waals surface area contributed by atoms with Crippen LogP contribution in [0.4, 0.5) is 5.69 Å². The molecular formula is C17H18ClNO5S. The number of rotatable bonds is 4. The zero-order chi connectivity index (χ0) is 19.0. The molecule has 1 unspecified atom stereocenters. The zero-order valence-electron chi connectivity index (χ0n) is 14.3. The lowest BCUT2D eigenvalue weighted by atomic mass is 9.75. The second-order valence-electron chi connectivity index (χ2n) is 6.68. The Bertz CT molecular complexity index is 789. The van der Waals surface area contributed by atoms with Crippen molar-refractivity contribution < 1.29 is 19.2 Å². The number of allylic oxidation sites excluding steroid dienone is 2. The van der Waals surface area contributed by atoms with E-state index in [0.717, 1.165) is 6.07 Å². The predicted octanol–water partition coefficient (Wildman–Crippen LogP) is 4.41. The first kappa shape index (κ1) is 19.5. The first-order valence-corrected chi connectivity index (χ1v) is 9.08. The molecule has 6 nitrogen and oxygen atoms in total. The van der Waals surface area contributed by atoms with Gasteiger partial charge < -0.3 is 4.74 Å². The molecule has 1 atom stereocenters. The highest BCUT2D eigenvalue weighted by Crippen LogP contribution is 2.46. The van der Waals surface area contributed by atoms with Crippen molar-refractivity contribution in [2.24, 2.45) is 5.41 Å². The van der Waals surface area contributed by atoms with Crippen molar-refractivity contribution in [1.29, 1.82) is 0 Å². The molecule has 0 N–H and O–H groups in total. The molecule has 0 saturated heterocycles. The van der Waals surface area contributed by atoms with E-state index in [1.807, 2.05) is 27.0 Å². The third-order valence-electron chi connectivity index (χ3n) is 4.26. The molecule has 1 aromatic rings. The Morgan fingerprint density at radius 3 is 2.56 bits per heavy atom. The summed E-state index contributed by atoms with van der Waals surface area (Å²) in [5.41, 5.74) is -1.22. The maximum absolute atomic E-state index is 12.4. The van der Waals surface area contributed by atoms with E-state index in [1.165, 1.54) is 30.0 Å². The summed E-state index contributed by atoms with van der Waals surface area (Å²) in [6.07, 6.45) is 3.66. The van der Waals surface area contributed by atoms with E-state index in [1.54, 1.807) is 0 Å². The van der Waals surface area contributed by atoms with Crippen LogP contribution in [0.15, 0.2) is 30.0 Å². The van der Waals surface area contributed by atoms with E-state index in [-0.39, 0.29) is 22.1 Å². The SMILES string of the molecule is CSC1(C)CC(C)(C)C(OC(=O)c2ccc(Cl)cc2[N+](=O)[O-])=CC1=O. The Kier molecular flexibility index (Phi) is 5.30. The van der Waals surface area contributed by atoms with Gasteiger partial charge in [-0.15, -0.1) is 0 Å². The summed E-state index contributed by atoms with van der Waals surface area (Å²) in [7, 11) is 0. The third kappa shape index (κ3) is 3.88. The van der Waals surface area contributed by atoms with Gasteiger partial charge in [-0.2, -0.15) is 11.8 Å². The van der Waals surface area contributed by atoms with Crippen LogP contribution >= 0.6 is 23.4 Å². The fraction of sp³-hybridized carbons (Fsp3) is 0.412. The molecule has 0 heterocycles. The highest BCUT2D eigenvalue weighted by atomic mass is 35.5. The smallest absolute Gasteiger partial charge is 0.350 e. The van der Waals surface area contributed by atoms with E-state index in [2.05, 4.69) is 0 Å². The number of hydrogen-bond acceptors (Lipinski definition) is 6. The fourth-order valence-electron chi connectivity index (χ4n) is 2.81. The van der Waals surface area contributed by atoms with E-state index >= 15 is 0 Å². The second kappa shape index (κ2) is 6.80. The molecule has 25 heavy (non-hydrogen) atoms. The first-order valence-electron chi connectivity index (χ1n) is 7.48. The van der Waals surface area contributed by atoms with Crippen LogP contribution in [0.3, 0.4) is 0 Å². The van der Waals surface area contributed by atoms with Crippen LogP contribution in [0.1, 0.15) is 37.6 Å². The number of nitro benzene ring substituents is 1. The number of nitro groups is 1. The van der Waals surface area contributed by atoms with Gasteiger partial charge in [0.25, 0.3) is 5.69 Å². The summed E-state index contributed by atoms with van der Waals surface area (Å²) >= 11 is 7.20. The molecule has 1 aliphatic rings. The Morgan fingerprint density at radius 1 is 1.36 bits per heavy atom. The molecule has 8 heteroatoms. The molecule has 0 amide bonds. The van der Waals surface area contributed by atoms with Gasteiger partial charge in [0, 0.05) is 22.6 Å². The van der Waals surface area contributed by atoms with Crippen LogP contribution in [-0.4, -0.2) is 27.7 Å². The minimum absolute atomic E-state index is 0.145. The molecule has 1 aromatic carbocycles. The van der Waals surface area contributed by atoms with Gasteiger partial charge in [-0.25, -0.2) is 4.79 Å². The zero-order valence-corrected chi connectivity index (χ0v) is 15.9. The van der Waals surface area contributed by atoms with Gasteiger partial charge in [0.2, 0.25) is 0 Å². The van der Waals surface area contributed by atoms with Crippen LogP contribution in [0, 0.1) is 15.5 Å². The van der Waals surface area contributed by atoms with Crippen molar-refractivity contribution in [2.45, 2.75) is 31.9 Å². The van der Waals surface area contributed by atoms with Gasteiger partial charge in [0.05, 0.1) is 9.67 Å². The van der Waals surface area contributed by atoms with Crippen molar-refractivity contribution in [1.82, 2.24) is 0 Å². The van der Waals surface area contributed by atoms with Crippen LogP contribution in [0.25, 0.3) is 0 Å². The molecular weight excluding hydrogens is 366 g/mol. The molecule has 0 aliphatic heterocycles. The molecule has 1 aliphatic carbocycles. The summed E-state index contributed by atoms with van der Waals surface area (Å²) in [4.78, 5) is 35.3. The monoisotopic (exact) mass is 383 g/mol.